The van der Waals surface area contributed by atoms with Gasteiger partial charge in [-0.15, -0.1) is 0 Å². The van der Waals surface area contributed by atoms with Crippen molar-refractivity contribution in [2.75, 3.05) is 28.4 Å². The van der Waals surface area contributed by atoms with E-state index in [-0.39, 0.29) is 0 Å². The summed E-state index contributed by atoms with van der Waals surface area (Å²) < 4.78 is 28.6. The van der Waals surface area contributed by atoms with Gasteiger partial charge in [-0.3, -0.25) is 4.79 Å². The van der Waals surface area contributed by atoms with Gasteiger partial charge in [-0.2, -0.15) is 0 Å². The maximum absolute atomic E-state index is 11.8. The molecule has 0 unspecified atom stereocenters. The molecule has 6 nitrogen and oxygen atoms in total. The van der Waals surface area contributed by atoms with Crippen LogP contribution < -0.4 is 23.7 Å². The fraction of sp³-hybridized carbons (Fsp3) is 0.269. The summed E-state index contributed by atoms with van der Waals surface area (Å²) in [5.74, 6) is 2.58. The first-order valence-electron chi connectivity index (χ1n) is 10.2. The van der Waals surface area contributed by atoms with Gasteiger partial charge in [-0.1, -0.05) is 42.5 Å². The number of para-hydroxylation sites is 1. The summed E-state index contributed by atoms with van der Waals surface area (Å²) in [5.41, 5.74) is 4.06. The molecule has 0 N–H and O–H groups in total. The highest BCUT2D eigenvalue weighted by Gasteiger charge is 2.26. The molecule has 0 atom stereocenters. The van der Waals surface area contributed by atoms with E-state index in [4.69, 9.17) is 23.7 Å². The van der Waals surface area contributed by atoms with Crippen LogP contribution in [0.5, 0.6) is 28.7 Å². The third kappa shape index (κ3) is 4.49. The second kappa shape index (κ2) is 10.6. The molecule has 0 saturated carbocycles. The van der Waals surface area contributed by atoms with Gasteiger partial charge < -0.3 is 23.7 Å². The maximum atomic E-state index is 11.8. The van der Waals surface area contributed by atoms with Crippen LogP contribution >= 0.6 is 0 Å². The van der Waals surface area contributed by atoms with E-state index in [1.54, 1.807) is 34.5 Å². The van der Waals surface area contributed by atoms with Gasteiger partial charge in [-0.05, 0) is 24.1 Å². The fourth-order valence-corrected chi connectivity index (χ4v) is 3.80. The number of carbonyl (C=O) groups is 1. The number of hydrogen-bond acceptors (Lipinski definition) is 6. The van der Waals surface area contributed by atoms with Crippen LogP contribution in [-0.4, -0.2) is 34.7 Å². The predicted octanol–water partition coefficient (Wildman–Crippen LogP) is 5.01. The van der Waals surface area contributed by atoms with Crippen LogP contribution in [0.2, 0.25) is 0 Å². The molecule has 3 aromatic carbocycles. The van der Waals surface area contributed by atoms with E-state index in [1.807, 2.05) is 49.4 Å². The van der Waals surface area contributed by atoms with Gasteiger partial charge in [0.1, 0.15) is 12.4 Å². The van der Waals surface area contributed by atoms with Crippen molar-refractivity contribution < 1.29 is 28.5 Å². The summed E-state index contributed by atoms with van der Waals surface area (Å²) in [7, 11) is 6.28. The SMILES string of the molecule is COc1c(C)c(Cc2cccc(C=O)c2OCc2ccccc2)c(OC)c(OC)c1OC. The normalized spacial score (nSPS) is 10.4. The number of benzene rings is 3. The van der Waals surface area contributed by atoms with Crippen LogP contribution in [-0.2, 0) is 13.0 Å². The Hall–Kier alpha value is -3.67. The molecule has 3 aromatic rings. The number of carbonyl (C=O) groups excluding carboxylic acids is 1. The fourth-order valence-electron chi connectivity index (χ4n) is 3.80. The van der Waals surface area contributed by atoms with E-state index in [2.05, 4.69) is 0 Å². The molecule has 6 heteroatoms. The van der Waals surface area contributed by atoms with E-state index in [0.29, 0.717) is 47.3 Å². The Balaban J connectivity index is 2.09. The van der Waals surface area contributed by atoms with Gasteiger partial charge in [0.15, 0.2) is 17.8 Å². The van der Waals surface area contributed by atoms with Crippen molar-refractivity contribution in [1.29, 1.82) is 0 Å². The molecule has 0 aromatic heterocycles. The van der Waals surface area contributed by atoms with Gasteiger partial charge in [0, 0.05) is 17.5 Å². The molecule has 0 aliphatic heterocycles. The summed E-state index contributed by atoms with van der Waals surface area (Å²) in [4.78, 5) is 11.8. The van der Waals surface area contributed by atoms with Gasteiger partial charge in [-0.25, -0.2) is 0 Å². The minimum atomic E-state index is 0.351. The van der Waals surface area contributed by atoms with Crippen LogP contribution in [0, 0.1) is 6.92 Å². The Labute approximate surface area is 188 Å². The van der Waals surface area contributed by atoms with Crippen molar-refractivity contribution in [3.8, 4) is 28.7 Å². The lowest BCUT2D eigenvalue weighted by atomic mass is 9.95. The first kappa shape index (κ1) is 23.0. The number of aldehydes is 1. The van der Waals surface area contributed by atoms with Gasteiger partial charge in [0.2, 0.25) is 11.5 Å². The van der Waals surface area contributed by atoms with Crippen molar-refractivity contribution in [2.45, 2.75) is 20.0 Å². The van der Waals surface area contributed by atoms with Crippen LogP contribution in [0.4, 0.5) is 0 Å². The van der Waals surface area contributed by atoms with E-state index >= 15 is 0 Å². The molecule has 0 fully saturated rings. The zero-order valence-electron chi connectivity index (χ0n) is 19.1. The number of methoxy groups -OCH3 is 4. The summed E-state index contributed by atoms with van der Waals surface area (Å²) >= 11 is 0. The average Bonchev–Trinajstić information content (AvgIpc) is 2.84. The molecule has 3 rings (SSSR count). The minimum absolute atomic E-state index is 0.351. The van der Waals surface area contributed by atoms with Gasteiger partial charge in [0.25, 0.3) is 0 Å². The standard InChI is InChI=1S/C26H28O6/c1-17-21(24(29-3)26(31-5)25(30-4)22(17)28-2)14-19-12-9-13-20(15-27)23(19)32-16-18-10-7-6-8-11-18/h6-13,15H,14,16H2,1-5H3. The van der Waals surface area contributed by atoms with Crippen molar-refractivity contribution in [3.05, 3.63) is 76.3 Å². The lowest BCUT2D eigenvalue weighted by Crippen LogP contribution is -2.07. The zero-order chi connectivity index (χ0) is 23.1. The monoisotopic (exact) mass is 436 g/mol. The Morgan fingerprint density at radius 1 is 0.719 bits per heavy atom. The van der Waals surface area contributed by atoms with E-state index in [0.717, 1.165) is 28.5 Å². The molecular formula is C26H28O6. The Bertz CT molecular complexity index is 1080. The molecule has 0 aliphatic rings. The summed E-state index contributed by atoms with van der Waals surface area (Å²) in [6.45, 7) is 2.29. The Morgan fingerprint density at radius 2 is 1.34 bits per heavy atom. The minimum Gasteiger partial charge on any atom is -0.492 e. The second-order valence-electron chi connectivity index (χ2n) is 7.14. The molecule has 0 radical (unpaired) electrons. The lowest BCUT2D eigenvalue weighted by molar-refractivity contribution is 0.111. The predicted molar refractivity (Wildman–Crippen MR) is 123 cm³/mol. The third-order valence-corrected chi connectivity index (χ3v) is 5.35. The zero-order valence-corrected chi connectivity index (χ0v) is 19.1. The second-order valence-corrected chi connectivity index (χ2v) is 7.14. The highest BCUT2D eigenvalue weighted by molar-refractivity contribution is 5.80. The van der Waals surface area contributed by atoms with Crippen LogP contribution in [0.15, 0.2) is 48.5 Å². The first-order chi connectivity index (χ1) is 15.6. The molecule has 0 saturated heterocycles. The molecule has 0 spiro atoms. The van der Waals surface area contributed by atoms with E-state index in [9.17, 15) is 4.79 Å². The molecule has 0 aliphatic carbocycles. The molecule has 0 heterocycles. The summed E-state index contributed by atoms with van der Waals surface area (Å²) in [6.07, 6.45) is 1.25. The van der Waals surface area contributed by atoms with E-state index < -0.39 is 0 Å². The average molecular weight is 437 g/mol. The Morgan fingerprint density at radius 3 is 1.94 bits per heavy atom. The number of ether oxygens (including phenoxy) is 5. The smallest absolute Gasteiger partial charge is 0.207 e. The Kier molecular flexibility index (Phi) is 7.60. The first-order valence-corrected chi connectivity index (χ1v) is 10.2. The molecule has 32 heavy (non-hydrogen) atoms. The highest BCUT2D eigenvalue weighted by Crippen LogP contribution is 2.50. The van der Waals surface area contributed by atoms with Crippen molar-refractivity contribution in [2.24, 2.45) is 0 Å². The largest absolute Gasteiger partial charge is 0.492 e. The quantitative estimate of drug-likeness (QED) is 0.416. The van der Waals surface area contributed by atoms with Crippen LogP contribution in [0.1, 0.15) is 32.6 Å². The van der Waals surface area contributed by atoms with Crippen LogP contribution in [0.3, 0.4) is 0 Å². The molecule has 168 valence electrons. The maximum Gasteiger partial charge on any atom is 0.207 e. The van der Waals surface area contributed by atoms with Gasteiger partial charge >= 0.3 is 0 Å². The molecule has 0 bridgehead atoms. The highest BCUT2D eigenvalue weighted by atomic mass is 16.5. The molecular weight excluding hydrogens is 408 g/mol. The topological polar surface area (TPSA) is 63.2 Å². The number of hydrogen-bond donors (Lipinski definition) is 0. The lowest BCUT2D eigenvalue weighted by Gasteiger charge is -2.22. The van der Waals surface area contributed by atoms with Crippen molar-refractivity contribution in [1.82, 2.24) is 0 Å². The third-order valence-electron chi connectivity index (χ3n) is 5.35. The van der Waals surface area contributed by atoms with Gasteiger partial charge in [0.05, 0.1) is 34.0 Å². The molecule has 0 amide bonds. The summed E-state index contributed by atoms with van der Waals surface area (Å²) in [5, 5.41) is 0. The van der Waals surface area contributed by atoms with Crippen molar-refractivity contribution in [3.63, 3.8) is 0 Å². The number of rotatable bonds is 10. The van der Waals surface area contributed by atoms with E-state index in [1.165, 1.54) is 0 Å². The summed E-state index contributed by atoms with van der Waals surface area (Å²) in [6, 6.07) is 15.4. The van der Waals surface area contributed by atoms with Crippen LogP contribution in [0.25, 0.3) is 0 Å². The van der Waals surface area contributed by atoms with Crippen molar-refractivity contribution >= 4 is 6.29 Å².